The topological polar surface area (TPSA) is 103 Å². The van der Waals surface area contributed by atoms with Crippen molar-refractivity contribution in [2.75, 3.05) is 19.0 Å². The Morgan fingerprint density at radius 2 is 1.75 bits per heavy atom. The lowest BCUT2D eigenvalue weighted by molar-refractivity contribution is -0.145. The molecule has 24 heavy (non-hydrogen) atoms. The van der Waals surface area contributed by atoms with Crippen LogP contribution in [0.4, 0.5) is 11.4 Å². The summed E-state index contributed by atoms with van der Waals surface area (Å²) in [5.41, 5.74) is 0.445. The molecule has 126 valence electrons. The third-order valence-electron chi connectivity index (χ3n) is 3.85. The number of carboxylic acid groups (broad SMARTS) is 2. The van der Waals surface area contributed by atoms with Gasteiger partial charge in [0, 0.05) is 26.2 Å². The van der Waals surface area contributed by atoms with Crippen LogP contribution in [0.25, 0.3) is 0 Å². The Kier molecular flexibility index (Phi) is 4.82. The molecule has 0 heterocycles. The lowest BCUT2D eigenvalue weighted by Gasteiger charge is -2.24. The molecule has 0 amide bonds. The van der Waals surface area contributed by atoms with E-state index in [1.54, 1.807) is 12.1 Å². The second kappa shape index (κ2) is 6.66. The predicted octanol–water partition coefficient (Wildman–Crippen LogP) is 3.23. The predicted molar refractivity (Wildman–Crippen MR) is 89.4 cm³/mol. The van der Waals surface area contributed by atoms with Crippen LogP contribution in [0.1, 0.15) is 13.3 Å². The minimum absolute atomic E-state index is 0.0592. The fourth-order valence-electron chi connectivity index (χ4n) is 2.23. The van der Waals surface area contributed by atoms with Crippen molar-refractivity contribution in [2.24, 2.45) is 15.6 Å². The Bertz CT molecular complexity index is 748. The van der Waals surface area contributed by atoms with Crippen molar-refractivity contribution in [3.63, 3.8) is 0 Å². The fraction of sp³-hybridized carbons (Fsp3) is 0.294. The lowest BCUT2D eigenvalue weighted by Crippen LogP contribution is -2.29. The van der Waals surface area contributed by atoms with E-state index in [2.05, 4.69) is 10.2 Å². The number of azo groups is 1. The van der Waals surface area contributed by atoms with Crippen molar-refractivity contribution in [3.8, 4) is 0 Å². The van der Waals surface area contributed by atoms with E-state index in [0.29, 0.717) is 5.69 Å². The van der Waals surface area contributed by atoms with Crippen LogP contribution in [0.5, 0.6) is 0 Å². The van der Waals surface area contributed by atoms with E-state index in [1.165, 1.54) is 19.1 Å². The minimum Gasteiger partial charge on any atom is -0.481 e. The molecule has 1 aromatic rings. The van der Waals surface area contributed by atoms with Gasteiger partial charge in [0.2, 0.25) is 0 Å². The highest BCUT2D eigenvalue weighted by Gasteiger charge is 2.36. The number of aliphatic carboxylic acids is 2. The average Bonchev–Trinajstić information content (AvgIpc) is 2.53. The maximum absolute atomic E-state index is 11.4. The van der Waals surface area contributed by atoms with Gasteiger partial charge in [-0.15, -0.1) is 0 Å². The Hall–Kier alpha value is -2.96. The van der Waals surface area contributed by atoms with Crippen LogP contribution in [0.3, 0.4) is 0 Å². The summed E-state index contributed by atoms with van der Waals surface area (Å²) >= 11 is 0. The highest BCUT2D eigenvalue weighted by molar-refractivity contribution is 5.91. The standard InChI is InChI=1S/C17H19N3O4/c1-17(16(23)24)9-8-14(13(10-17)15(21)22)19-18-11-4-6-12(7-5-11)20(2)3/h4-9H,10H2,1-3H3,(H,21,22)(H,23,24)/b19-18+. The van der Waals surface area contributed by atoms with Gasteiger partial charge in [0.1, 0.15) is 0 Å². The van der Waals surface area contributed by atoms with Crippen LogP contribution in [-0.2, 0) is 9.59 Å². The molecule has 1 aromatic carbocycles. The van der Waals surface area contributed by atoms with Gasteiger partial charge in [-0.1, -0.05) is 6.08 Å². The number of hydrogen-bond acceptors (Lipinski definition) is 5. The number of nitrogens with zero attached hydrogens (tertiary/aromatic N) is 3. The van der Waals surface area contributed by atoms with Crippen LogP contribution in [0.15, 0.2) is 57.9 Å². The van der Waals surface area contributed by atoms with Crippen LogP contribution >= 0.6 is 0 Å². The lowest BCUT2D eigenvalue weighted by atomic mass is 9.79. The number of benzene rings is 1. The van der Waals surface area contributed by atoms with Crippen molar-refractivity contribution in [2.45, 2.75) is 13.3 Å². The van der Waals surface area contributed by atoms with Crippen molar-refractivity contribution in [1.82, 2.24) is 0 Å². The molecule has 1 aliphatic rings. The van der Waals surface area contributed by atoms with E-state index in [4.69, 9.17) is 0 Å². The molecule has 0 saturated heterocycles. The number of rotatable bonds is 5. The smallest absolute Gasteiger partial charge is 0.333 e. The zero-order valence-electron chi connectivity index (χ0n) is 13.7. The van der Waals surface area contributed by atoms with Gasteiger partial charge in [-0.3, -0.25) is 4.79 Å². The van der Waals surface area contributed by atoms with Gasteiger partial charge in [0.05, 0.1) is 22.4 Å². The first kappa shape index (κ1) is 17.4. The molecule has 0 aliphatic heterocycles. The first-order chi connectivity index (χ1) is 11.2. The van der Waals surface area contributed by atoms with Crippen LogP contribution in [0.2, 0.25) is 0 Å². The molecule has 0 fully saturated rings. The number of carboxylic acids is 2. The number of carbonyl (C=O) groups is 2. The third-order valence-corrected chi connectivity index (χ3v) is 3.85. The molecule has 7 heteroatoms. The van der Waals surface area contributed by atoms with Gasteiger partial charge >= 0.3 is 11.9 Å². The molecular weight excluding hydrogens is 310 g/mol. The second-order valence-electron chi connectivity index (χ2n) is 6.01. The summed E-state index contributed by atoms with van der Waals surface area (Å²) in [5, 5.41) is 26.6. The molecule has 0 spiro atoms. The van der Waals surface area contributed by atoms with Crippen LogP contribution < -0.4 is 4.90 Å². The van der Waals surface area contributed by atoms with E-state index in [1.807, 2.05) is 31.1 Å². The normalized spacial score (nSPS) is 20.5. The van der Waals surface area contributed by atoms with E-state index < -0.39 is 17.4 Å². The van der Waals surface area contributed by atoms with E-state index >= 15 is 0 Å². The SMILES string of the molecule is CN(C)c1ccc(/N=N/C2=C(C(=O)O)CC(C)(C(=O)O)C=C2)cc1. The zero-order valence-corrected chi connectivity index (χ0v) is 13.7. The summed E-state index contributed by atoms with van der Waals surface area (Å²) < 4.78 is 0. The van der Waals surface area contributed by atoms with Gasteiger partial charge in [0.25, 0.3) is 0 Å². The molecule has 7 nitrogen and oxygen atoms in total. The summed E-state index contributed by atoms with van der Waals surface area (Å²) in [5.74, 6) is -2.27. The maximum atomic E-state index is 11.4. The maximum Gasteiger partial charge on any atom is 0.333 e. The molecule has 0 radical (unpaired) electrons. The Morgan fingerprint density at radius 3 is 2.25 bits per heavy atom. The Labute approximate surface area is 139 Å². The second-order valence-corrected chi connectivity index (χ2v) is 6.01. The zero-order chi connectivity index (χ0) is 17.9. The van der Waals surface area contributed by atoms with Crippen molar-refractivity contribution >= 4 is 23.3 Å². The fourth-order valence-corrected chi connectivity index (χ4v) is 2.23. The molecule has 2 rings (SSSR count). The monoisotopic (exact) mass is 329 g/mol. The third kappa shape index (κ3) is 3.68. The number of allylic oxidation sites excluding steroid dienone is 1. The molecule has 1 atom stereocenters. The summed E-state index contributed by atoms with van der Waals surface area (Å²) in [4.78, 5) is 24.7. The van der Waals surface area contributed by atoms with Crippen LogP contribution in [-0.4, -0.2) is 36.2 Å². The number of anilines is 1. The van der Waals surface area contributed by atoms with Gasteiger partial charge in [-0.25, -0.2) is 4.79 Å². The summed E-state index contributed by atoms with van der Waals surface area (Å²) in [6, 6.07) is 7.29. The Morgan fingerprint density at radius 1 is 1.12 bits per heavy atom. The first-order valence-electron chi connectivity index (χ1n) is 7.31. The average molecular weight is 329 g/mol. The van der Waals surface area contributed by atoms with Gasteiger partial charge in [-0.2, -0.15) is 10.2 Å². The summed E-state index contributed by atoms with van der Waals surface area (Å²) in [6.07, 6.45) is 2.71. The molecular formula is C17H19N3O4. The first-order valence-corrected chi connectivity index (χ1v) is 7.31. The summed E-state index contributed by atoms with van der Waals surface area (Å²) in [7, 11) is 3.85. The van der Waals surface area contributed by atoms with Gasteiger partial charge < -0.3 is 15.1 Å². The quantitative estimate of drug-likeness (QED) is 0.807. The van der Waals surface area contributed by atoms with Crippen molar-refractivity contribution < 1.29 is 19.8 Å². The van der Waals surface area contributed by atoms with Gasteiger partial charge in [0.15, 0.2) is 0 Å². The highest BCUT2D eigenvalue weighted by atomic mass is 16.4. The molecule has 0 bridgehead atoms. The number of hydrogen-bond donors (Lipinski definition) is 2. The molecule has 2 N–H and O–H groups in total. The van der Waals surface area contributed by atoms with E-state index in [9.17, 15) is 19.8 Å². The Balaban J connectivity index is 2.28. The summed E-state index contributed by atoms with van der Waals surface area (Å²) in [6.45, 7) is 1.47. The van der Waals surface area contributed by atoms with E-state index in [0.717, 1.165) is 5.69 Å². The van der Waals surface area contributed by atoms with Crippen molar-refractivity contribution in [3.05, 3.63) is 47.7 Å². The molecule has 0 saturated carbocycles. The molecule has 1 aliphatic carbocycles. The van der Waals surface area contributed by atoms with Crippen molar-refractivity contribution in [1.29, 1.82) is 0 Å². The highest BCUT2D eigenvalue weighted by Crippen LogP contribution is 2.35. The molecule has 1 unspecified atom stereocenters. The van der Waals surface area contributed by atoms with E-state index in [-0.39, 0.29) is 17.7 Å². The molecule has 0 aromatic heterocycles. The minimum atomic E-state index is -1.25. The largest absolute Gasteiger partial charge is 0.481 e. The van der Waals surface area contributed by atoms with Crippen LogP contribution in [0, 0.1) is 5.41 Å². The van der Waals surface area contributed by atoms with Gasteiger partial charge in [-0.05, 0) is 37.3 Å².